The normalized spacial score (nSPS) is 24.2. The minimum Gasteiger partial charge on any atom is -0.378 e. The fraction of sp³-hybridized carbons (Fsp3) is 0.684. The van der Waals surface area contributed by atoms with E-state index in [1.54, 1.807) is 0 Å². The number of ether oxygens (including phenoxy) is 1. The lowest BCUT2D eigenvalue weighted by atomic mass is 9.80. The molecule has 2 aliphatic rings. The second kappa shape index (κ2) is 9.19. The van der Waals surface area contributed by atoms with Crippen LogP contribution in [-0.4, -0.2) is 45.4 Å². The van der Waals surface area contributed by atoms with Crippen molar-refractivity contribution in [2.75, 3.05) is 44.3 Å². The first-order chi connectivity index (χ1) is 11.5. The largest absolute Gasteiger partial charge is 0.378 e. The molecule has 0 amide bonds. The number of hydrazine groups is 1. The fourth-order valence-electron chi connectivity index (χ4n) is 3.70. The van der Waals surface area contributed by atoms with Crippen molar-refractivity contribution in [3.63, 3.8) is 0 Å². The highest BCUT2D eigenvalue weighted by Gasteiger charge is 2.35. The van der Waals surface area contributed by atoms with E-state index in [0.717, 1.165) is 45.9 Å². The van der Waals surface area contributed by atoms with Crippen molar-refractivity contribution in [2.24, 2.45) is 11.3 Å². The molecule has 5 nitrogen and oxygen atoms in total. The monoisotopic (exact) mass is 368 g/mol. The van der Waals surface area contributed by atoms with E-state index in [4.69, 9.17) is 4.74 Å². The average molecular weight is 369 g/mol. The molecule has 0 radical (unpaired) electrons. The van der Waals surface area contributed by atoms with E-state index in [-0.39, 0.29) is 17.8 Å². The van der Waals surface area contributed by atoms with E-state index in [2.05, 4.69) is 66.1 Å². The summed E-state index contributed by atoms with van der Waals surface area (Å²) in [5.41, 5.74) is 9.67. The van der Waals surface area contributed by atoms with Crippen LogP contribution in [-0.2, 0) is 11.3 Å². The minimum absolute atomic E-state index is 0. The predicted molar refractivity (Wildman–Crippen MR) is 106 cm³/mol. The molecule has 0 aromatic heterocycles. The van der Waals surface area contributed by atoms with Gasteiger partial charge in [0, 0.05) is 50.4 Å². The summed E-state index contributed by atoms with van der Waals surface area (Å²) in [5.74, 6) is 0.623. The summed E-state index contributed by atoms with van der Waals surface area (Å²) in [6, 6.07) is 9.46. The minimum atomic E-state index is 0. The van der Waals surface area contributed by atoms with Gasteiger partial charge in [-0.25, -0.2) is 0 Å². The van der Waals surface area contributed by atoms with E-state index >= 15 is 0 Å². The molecule has 2 atom stereocenters. The van der Waals surface area contributed by atoms with Gasteiger partial charge in [-0.2, -0.15) is 0 Å². The lowest BCUT2D eigenvalue weighted by molar-refractivity contribution is 0.122. The van der Waals surface area contributed by atoms with Crippen molar-refractivity contribution in [1.29, 1.82) is 0 Å². The molecule has 3 N–H and O–H groups in total. The van der Waals surface area contributed by atoms with Gasteiger partial charge in [0.15, 0.2) is 0 Å². The van der Waals surface area contributed by atoms with Crippen molar-refractivity contribution in [3.8, 4) is 0 Å². The molecule has 2 fully saturated rings. The Labute approximate surface area is 158 Å². The second-order valence-electron chi connectivity index (χ2n) is 8.03. The Morgan fingerprint density at radius 3 is 2.48 bits per heavy atom. The first-order valence-corrected chi connectivity index (χ1v) is 9.15. The Balaban J connectivity index is 0.00000225. The van der Waals surface area contributed by atoms with E-state index < -0.39 is 0 Å². The molecule has 0 bridgehead atoms. The highest BCUT2D eigenvalue weighted by Crippen LogP contribution is 2.27. The number of morpholine rings is 1. The van der Waals surface area contributed by atoms with Gasteiger partial charge < -0.3 is 15.0 Å². The van der Waals surface area contributed by atoms with Gasteiger partial charge in [0.2, 0.25) is 0 Å². The van der Waals surface area contributed by atoms with Crippen molar-refractivity contribution in [3.05, 3.63) is 29.8 Å². The molecule has 0 aliphatic carbocycles. The van der Waals surface area contributed by atoms with E-state index in [1.165, 1.54) is 11.3 Å². The van der Waals surface area contributed by atoms with Crippen molar-refractivity contribution >= 4 is 18.1 Å². The standard InChI is InChI=1S/C19H32N4O.ClH/c1-19(2,3)18-16(14-21-22-18)13-20-12-15-4-6-17(7-5-15)23-8-10-24-11-9-23;/h4-7,16,18,20-22H,8-14H2,1-3H3;1H. The highest BCUT2D eigenvalue weighted by molar-refractivity contribution is 5.85. The molecular weight excluding hydrogens is 336 g/mol. The molecule has 25 heavy (non-hydrogen) atoms. The summed E-state index contributed by atoms with van der Waals surface area (Å²) >= 11 is 0. The zero-order chi connectivity index (χ0) is 17.0. The number of nitrogens with one attached hydrogen (secondary N) is 3. The van der Waals surface area contributed by atoms with Gasteiger partial charge in [-0.05, 0) is 23.1 Å². The number of nitrogens with zero attached hydrogens (tertiary/aromatic N) is 1. The Morgan fingerprint density at radius 2 is 1.84 bits per heavy atom. The van der Waals surface area contributed by atoms with Crippen LogP contribution in [0.25, 0.3) is 0 Å². The van der Waals surface area contributed by atoms with Gasteiger partial charge in [-0.15, -0.1) is 12.4 Å². The Hall–Kier alpha value is -0.850. The molecule has 2 unspecified atom stereocenters. The third-order valence-electron chi connectivity index (χ3n) is 5.07. The quantitative estimate of drug-likeness (QED) is 0.743. The number of hydrogen-bond acceptors (Lipinski definition) is 5. The van der Waals surface area contributed by atoms with E-state index in [1.807, 2.05) is 0 Å². The Morgan fingerprint density at radius 1 is 1.16 bits per heavy atom. The molecule has 2 saturated heterocycles. The molecule has 3 rings (SSSR count). The predicted octanol–water partition coefficient (Wildman–Crippen LogP) is 2.17. The molecular formula is C19H33ClN4O. The number of anilines is 1. The first-order valence-electron chi connectivity index (χ1n) is 9.15. The van der Waals surface area contributed by atoms with Crippen molar-refractivity contribution in [2.45, 2.75) is 33.4 Å². The number of rotatable bonds is 5. The maximum atomic E-state index is 5.42. The molecule has 142 valence electrons. The summed E-state index contributed by atoms with van der Waals surface area (Å²) in [4.78, 5) is 2.39. The third kappa shape index (κ3) is 5.56. The lowest BCUT2D eigenvalue weighted by Gasteiger charge is -2.31. The topological polar surface area (TPSA) is 48.6 Å². The lowest BCUT2D eigenvalue weighted by Crippen LogP contribution is -2.44. The van der Waals surface area contributed by atoms with Crippen LogP contribution in [0.2, 0.25) is 0 Å². The molecule has 2 heterocycles. The highest BCUT2D eigenvalue weighted by atomic mass is 35.5. The summed E-state index contributed by atoms with van der Waals surface area (Å²) in [5, 5.41) is 3.63. The smallest absolute Gasteiger partial charge is 0.0642 e. The molecule has 0 spiro atoms. The van der Waals surface area contributed by atoms with Crippen LogP contribution >= 0.6 is 12.4 Å². The van der Waals surface area contributed by atoms with Crippen LogP contribution in [0.3, 0.4) is 0 Å². The summed E-state index contributed by atoms with van der Waals surface area (Å²) in [6.07, 6.45) is 0. The van der Waals surface area contributed by atoms with Gasteiger partial charge in [0.1, 0.15) is 0 Å². The van der Waals surface area contributed by atoms with Crippen molar-refractivity contribution in [1.82, 2.24) is 16.2 Å². The summed E-state index contributed by atoms with van der Waals surface area (Å²) in [6.45, 7) is 13.6. The number of hydrogen-bond donors (Lipinski definition) is 3. The SMILES string of the molecule is CC(C)(C)C1NNCC1CNCc1ccc(N2CCOCC2)cc1.Cl. The fourth-order valence-corrected chi connectivity index (χ4v) is 3.70. The first kappa shape index (κ1) is 20.5. The van der Waals surface area contributed by atoms with E-state index in [0.29, 0.717) is 12.0 Å². The van der Waals surface area contributed by atoms with Gasteiger partial charge in [-0.1, -0.05) is 32.9 Å². The van der Waals surface area contributed by atoms with Gasteiger partial charge in [0.25, 0.3) is 0 Å². The zero-order valence-corrected chi connectivity index (χ0v) is 16.5. The molecule has 2 aliphatic heterocycles. The molecule has 0 saturated carbocycles. The van der Waals surface area contributed by atoms with Gasteiger partial charge in [0.05, 0.1) is 13.2 Å². The van der Waals surface area contributed by atoms with Gasteiger partial charge >= 0.3 is 0 Å². The Kier molecular flexibility index (Phi) is 7.52. The second-order valence-corrected chi connectivity index (χ2v) is 8.03. The molecule has 6 heteroatoms. The summed E-state index contributed by atoms with van der Waals surface area (Å²) < 4.78 is 5.42. The number of benzene rings is 1. The van der Waals surface area contributed by atoms with Crippen LogP contribution in [0.5, 0.6) is 0 Å². The zero-order valence-electron chi connectivity index (χ0n) is 15.7. The van der Waals surface area contributed by atoms with Crippen LogP contribution < -0.4 is 21.1 Å². The van der Waals surface area contributed by atoms with Crippen LogP contribution in [0, 0.1) is 11.3 Å². The van der Waals surface area contributed by atoms with Crippen LogP contribution in [0.4, 0.5) is 5.69 Å². The van der Waals surface area contributed by atoms with E-state index in [9.17, 15) is 0 Å². The maximum absolute atomic E-state index is 5.42. The molecule has 1 aromatic rings. The third-order valence-corrected chi connectivity index (χ3v) is 5.07. The Bertz CT molecular complexity index is 511. The van der Waals surface area contributed by atoms with Crippen molar-refractivity contribution < 1.29 is 4.74 Å². The number of halogens is 1. The van der Waals surface area contributed by atoms with Gasteiger partial charge in [-0.3, -0.25) is 10.9 Å². The maximum Gasteiger partial charge on any atom is 0.0642 e. The molecule has 1 aromatic carbocycles. The van der Waals surface area contributed by atoms with Crippen LogP contribution in [0.1, 0.15) is 26.3 Å². The summed E-state index contributed by atoms with van der Waals surface area (Å²) in [7, 11) is 0. The average Bonchev–Trinajstić information content (AvgIpc) is 3.05. The van der Waals surface area contributed by atoms with Crippen LogP contribution in [0.15, 0.2) is 24.3 Å².